The van der Waals surface area contributed by atoms with E-state index in [0.29, 0.717) is 18.9 Å². The van der Waals surface area contributed by atoms with E-state index in [4.69, 9.17) is 5.11 Å². The van der Waals surface area contributed by atoms with Crippen molar-refractivity contribution in [3.8, 4) is 0 Å². The van der Waals surface area contributed by atoms with E-state index in [1.165, 1.54) is 12.8 Å². The van der Waals surface area contributed by atoms with E-state index in [9.17, 15) is 9.59 Å². The molecule has 0 heterocycles. The number of carboxylic acids is 1. The van der Waals surface area contributed by atoms with E-state index in [1.54, 1.807) is 0 Å². The molecule has 0 bridgehead atoms. The van der Waals surface area contributed by atoms with Crippen LogP contribution in [0.2, 0.25) is 0 Å². The quantitative estimate of drug-likeness (QED) is 0.616. The molecule has 1 fully saturated rings. The zero-order valence-corrected chi connectivity index (χ0v) is 8.95. The van der Waals surface area contributed by atoms with Gasteiger partial charge in [-0.1, -0.05) is 6.92 Å². The van der Waals surface area contributed by atoms with Gasteiger partial charge in [-0.15, -0.1) is 0 Å². The SMILES string of the molecule is CCC(CC(=O)O)NC(=O)NCC1CC1. The van der Waals surface area contributed by atoms with Crippen LogP contribution in [0.25, 0.3) is 0 Å². The largest absolute Gasteiger partial charge is 0.481 e. The molecule has 3 N–H and O–H groups in total. The summed E-state index contributed by atoms with van der Waals surface area (Å²) < 4.78 is 0. The van der Waals surface area contributed by atoms with Crippen molar-refractivity contribution in [2.24, 2.45) is 5.92 Å². The second-order valence-corrected chi connectivity index (χ2v) is 4.00. The van der Waals surface area contributed by atoms with Gasteiger partial charge in [-0.25, -0.2) is 4.79 Å². The van der Waals surface area contributed by atoms with Crippen LogP contribution in [0, 0.1) is 5.92 Å². The van der Waals surface area contributed by atoms with Crippen molar-refractivity contribution in [1.82, 2.24) is 10.6 Å². The van der Waals surface area contributed by atoms with Crippen LogP contribution in [0.4, 0.5) is 4.79 Å². The van der Waals surface area contributed by atoms with Gasteiger partial charge in [0.05, 0.1) is 6.42 Å². The first-order valence-corrected chi connectivity index (χ1v) is 5.38. The third-order valence-electron chi connectivity index (χ3n) is 2.50. The molecule has 0 radical (unpaired) electrons. The van der Waals surface area contributed by atoms with Gasteiger partial charge < -0.3 is 15.7 Å². The molecule has 86 valence electrons. The van der Waals surface area contributed by atoms with Crippen molar-refractivity contribution in [1.29, 1.82) is 0 Å². The molecule has 5 heteroatoms. The summed E-state index contributed by atoms with van der Waals surface area (Å²) in [5.41, 5.74) is 0. The lowest BCUT2D eigenvalue weighted by atomic mass is 10.1. The van der Waals surface area contributed by atoms with Crippen LogP contribution in [0.3, 0.4) is 0 Å². The van der Waals surface area contributed by atoms with Crippen LogP contribution in [0.15, 0.2) is 0 Å². The fraction of sp³-hybridized carbons (Fsp3) is 0.800. The smallest absolute Gasteiger partial charge is 0.315 e. The maximum atomic E-state index is 11.3. The number of amides is 2. The minimum atomic E-state index is -0.885. The van der Waals surface area contributed by atoms with Gasteiger partial charge in [-0.2, -0.15) is 0 Å². The van der Waals surface area contributed by atoms with E-state index < -0.39 is 5.97 Å². The van der Waals surface area contributed by atoms with Gasteiger partial charge in [0.25, 0.3) is 0 Å². The molecule has 1 rings (SSSR count). The van der Waals surface area contributed by atoms with Gasteiger partial charge in [0.1, 0.15) is 0 Å². The van der Waals surface area contributed by atoms with E-state index in [0.717, 1.165) is 0 Å². The molecule has 2 amide bonds. The maximum Gasteiger partial charge on any atom is 0.315 e. The number of hydrogen-bond acceptors (Lipinski definition) is 2. The number of rotatable bonds is 6. The second kappa shape index (κ2) is 5.58. The highest BCUT2D eigenvalue weighted by Gasteiger charge is 2.22. The fourth-order valence-corrected chi connectivity index (χ4v) is 1.30. The number of carboxylic acid groups (broad SMARTS) is 1. The van der Waals surface area contributed by atoms with Crippen LogP contribution in [0.5, 0.6) is 0 Å². The Morgan fingerprint density at radius 1 is 1.47 bits per heavy atom. The van der Waals surface area contributed by atoms with Gasteiger partial charge in [0.2, 0.25) is 0 Å². The normalized spacial score (nSPS) is 16.9. The standard InChI is InChI=1S/C10H18N2O3/c1-2-8(5-9(13)14)12-10(15)11-6-7-3-4-7/h7-8H,2-6H2,1H3,(H,13,14)(H2,11,12,15). The molecule has 1 atom stereocenters. The minimum Gasteiger partial charge on any atom is -0.481 e. The van der Waals surface area contributed by atoms with Crippen LogP contribution in [0.1, 0.15) is 32.6 Å². The molecule has 0 aromatic rings. The average molecular weight is 214 g/mol. The number of hydrogen-bond donors (Lipinski definition) is 3. The number of carbonyl (C=O) groups is 2. The van der Waals surface area contributed by atoms with Crippen molar-refractivity contribution in [3.63, 3.8) is 0 Å². The first-order valence-electron chi connectivity index (χ1n) is 5.38. The second-order valence-electron chi connectivity index (χ2n) is 4.00. The topological polar surface area (TPSA) is 78.4 Å². The van der Waals surface area contributed by atoms with Crippen molar-refractivity contribution >= 4 is 12.0 Å². The van der Waals surface area contributed by atoms with Gasteiger partial charge in [0, 0.05) is 12.6 Å². The number of urea groups is 1. The molecule has 1 aliphatic carbocycles. The third-order valence-corrected chi connectivity index (χ3v) is 2.50. The summed E-state index contributed by atoms with van der Waals surface area (Å²) in [5, 5.41) is 14.0. The third kappa shape index (κ3) is 5.24. The molecule has 0 aliphatic heterocycles. The molecule has 0 saturated heterocycles. The Bertz CT molecular complexity index is 239. The van der Waals surface area contributed by atoms with E-state index >= 15 is 0 Å². The molecule has 1 saturated carbocycles. The van der Waals surface area contributed by atoms with Crippen LogP contribution in [-0.4, -0.2) is 29.7 Å². The highest BCUT2D eigenvalue weighted by Crippen LogP contribution is 2.27. The van der Waals surface area contributed by atoms with Crippen LogP contribution in [-0.2, 0) is 4.79 Å². The van der Waals surface area contributed by atoms with E-state index in [2.05, 4.69) is 10.6 Å². The highest BCUT2D eigenvalue weighted by atomic mass is 16.4. The molecule has 0 aromatic heterocycles. The summed E-state index contributed by atoms with van der Waals surface area (Å²) in [4.78, 5) is 21.8. The Balaban J connectivity index is 2.17. The molecule has 1 aliphatic rings. The average Bonchev–Trinajstić information content (AvgIpc) is 2.96. The first-order chi connectivity index (χ1) is 7.11. The fourth-order valence-electron chi connectivity index (χ4n) is 1.30. The monoisotopic (exact) mass is 214 g/mol. The summed E-state index contributed by atoms with van der Waals surface area (Å²) in [5.74, 6) is -0.250. The Morgan fingerprint density at radius 3 is 2.60 bits per heavy atom. The Hall–Kier alpha value is -1.26. The van der Waals surface area contributed by atoms with Crippen LogP contribution >= 0.6 is 0 Å². The van der Waals surface area contributed by atoms with Gasteiger partial charge in [-0.05, 0) is 25.2 Å². The molecule has 1 unspecified atom stereocenters. The number of aliphatic carboxylic acids is 1. The molecule has 5 nitrogen and oxygen atoms in total. The first kappa shape index (κ1) is 11.8. The highest BCUT2D eigenvalue weighted by molar-refractivity contribution is 5.75. The van der Waals surface area contributed by atoms with Gasteiger partial charge in [-0.3, -0.25) is 4.79 Å². The van der Waals surface area contributed by atoms with Crippen molar-refractivity contribution in [3.05, 3.63) is 0 Å². The predicted molar refractivity (Wildman–Crippen MR) is 55.6 cm³/mol. The summed E-state index contributed by atoms with van der Waals surface area (Å²) >= 11 is 0. The number of carbonyl (C=O) groups excluding carboxylic acids is 1. The van der Waals surface area contributed by atoms with Crippen molar-refractivity contribution in [2.45, 2.75) is 38.6 Å². The van der Waals surface area contributed by atoms with Gasteiger partial charge >= 0.3 is 12.0 Å². The predicted octanol–water partition coefficient (Wildman–Crippen LogP) is 0.949. The zero-order valence-electron chi connectivity index (χ0n) is 8.95. The van der Waals surface area contributed by atoms with Crippen LogP contribution < -0.4 is 10.6 Å². The lowest BCUT2D eigenvalue weighted by molar-refractivity contribution is -0.137. The number of nitrogens with one attached hydrogen (secondary N) is 2. The molecule has 15 heavy (non-hydrogen) atoms. The summed E-state index contributed by atoms with van der Waals surface area (Å²) in [7, 11) is 0. The summed E-state index contributed by atoms with van der Waals surface area (Å²) in [6, 6.07) is -0.531. The molecule has 0 aromatic carbocycles. The van der Waals surface area contributed by atoms with E-state index in [-0.39, 0.29) is 18.5 Å². The molecular formula is C10H18N2O3. The van der Waals surface area contributed by atoms with Crippen molar-refractivity contribution in [2.75, 3.05) is 6.54 Å². The zero-order chi connectivity index (χ0) is 11.3. The van der Waals surface area contributed by atoms with Crippen molar-refractivity contribution < 1.29 is 14.7 Å². The van der Waals surface area contributed by atoms with E-state index in [1.807, 2.05) is 6.92 Å². The molecular weight excluding hydrogens is 196 g/mol. The summed E-state index contributed by atoms with van der Waals surface area (Å²) in [6.07, 6.45) is 2.98. The van der Waals surface area contributed by atoms with Gasteiger partial charge in [0.15, 0.2) is 0 Å². The lowest BCUT2D eigenvalue weighted by Crippen LogP contribution is -2.43. The molecule has 0 spiro atoms. The minimum absolute atomic E-state index is 0.0205. The Morgan fingerprint density at radius 2 is 2.13 bits per heavy atom. The Kier molecular flexibility index (Phi) is 4.39. The Labute approximate surface area is 89.2 Å². The lowest BCUT2D eigenvalue weighted by Gasteiger charge is -2.15. The maximum absolute atomic E-state index is 11.3. The summed E-state index contributed by atoms with van der Waals surface area (Å²) in [6.45, 7) is 2.56.